The summed E-state index contributed by atoms with van der Waals surface area (Å²) < 4.78 is 0. The van der Waals surface area contributed by atoms with Crippen molar-refractivity contribution < 1.29 is 9.59 Å². The molecule has 0 saturated carbocycles. The molecule has 0 radical (unpaired) electrons. The van der Waals surface area contributed by atoms with Crippen LogP contribution in [0.4, 0.5) is 0 Å². The lowest BCUT2D eigenvalue weighted by molar-refractivity contribution is -0.134. The normalized spacial score (nSPS) is 18.4. The largest absolute Gasteiger partial charge is 0.355 e. The van der Waals surface area contributed by atoms with Crippen molar-refractivity contribution in [2.24, 2.45) is 5.41 Å². The third-order valence-corrected chi connectivity index (χ3v) is 4.84. The zero-order chi connectivity index (χ0) is 20.0. The highest BCUT2D eigenvalue weighted by Crippen LogP contribution is 2.16. The maximum absolute atomic E-state index is 12.5. The molecule has 0 spiro atoms. The van der Waals surface area contributed by atoms with Gasteiger partial charge in [0.05, 0.1) is 12.5 Å². The number of amides is 2. The van der Waals surface area contributed by atoms with E-state index < -0.39 is 6.04 Å². The van der Waals surface area contributed by atoms with Crippen LogP contribution in [0.2, 0.25) is 0 Å². The van der Waals surface area contributed by atoms with E-state index in [9.17, 15) is 9.59 Å². The van der Waals surface area contributed by atoms with Gasteiger partial charge in [-0.15, -0.1) is 0 Å². The average molecular weight is 375 g/mol. The molecular weight excluding hydrogens is 340 g/mol. The van der Waals surface area contributed by atoms with Gasteiger partial charge in [0.2, 0.25) is 11.8 Å². The van der Waals surface area contributed by atoms with E-state index in [0.717, 1.165) is 18.7 Å². The van der Waals surface area contributed by atoms with Crippen molar-refractivity contribution in [3.63, 3.8) is 0 Å². The number of hydrogen-bond donors (Lipinski definition) is 2. The van der Waals surface area contributed by atoms with Crippen LogP contribution in [0.1, 0.15) is 31.4 Å². The number of piperazine rings is 1. The number of rotatable bonds is 8. The predicted octanol–water partition coefficient (Wildman–Crippen LogP) is 1.39. The Morgan fingerprint density at radius 2 is 1.96 bits per heavy atom. The number of carbonyl (C=O) groups is 2. The van der Waals surface area contributed by atoms with Crippen molar-refractivity contribution in [2.45, 2.75) is 39.8 Å². The van der Waals surface area contributed by atoms with E-state index in [1.54, 1.807) is 0 Å². The lowest BCUT2D eigenvalue weighted by atomic mass is 9.93. The number of benzene rings is 1. The molecule has 6 nitrogen and oxygen atoms in total. The highest BCUT2D eigenvalue weighted by Gasteiger charge is 2.32. The van der Waals surface area contributed by atoms with Gasteiger partial charge in [0.15, 0.2) is 0 Å². The minimum atomic E-state index is -0.419. The van der Waals surface area contributed by atoms with E-state index in [-0.39, 0.29) is 23.7 Å². The number of carbonyl (C=O) groups excluding carboxylic acids is 2. The second-order valence-electron chi connectivity index (χ2n) is 8.65. The van der Waals surface area contributed by atoms with Crippen LogP contribution in [0, 0.1) is 12.3 Å². The third kappa shape index (κ3) is 6.96. The summed E-state index contributed by atoms with van der Waals surface area (Å²) in [5, 5.41) is 5.91. The Hall–Kier alpha value is -1.92. The second kappa shape index (κ2) is 9.33. The van der Waals surface area contributed by atoms with Crippen molar-refractivity contribution in [1.82, 2.24) is 20.4 Å². The zero-order valence-corrected chi connectivity index (χ0v) is 17.3. The molecular formula is C21H34N4O2. The monoisotopic (exact) mass is 374 g/mol. The zero-order valence-electron chi connectivity index (χ0n) is 17.3. The molecule has 1 aromatic rings. The molecule has 0 unspecified atom stereocenters. The predicted molar refractivity (Wildman–Crippen MR) is 108 cm³/mol. The van der Waals surface area contributed by atoms with Gasteiger partial charge < -0.3 is 15.5 Å². The Labute approximate surface area is 163 Å². The van der Waals surface area contributed by atoms with Crippen LogP contribution in [0.5, 0.6) is 0 Å². The molecule has 0 aromatic heterocycles. The minimum Gasteiger partial charge on any atom is -0.355 e. The summed E-state index contributed by atoms with van der Waals surface area (Å²) in [5.41, 5.74) is 2.36. The molecule has 1 saturated heterocycles. The van der Waals surface area contributed by atoms with Gasteiger partial charge in [0.1, 0.15) is 0 Å². The summed E-state index contributed by atoms with van der Waals surface area (Å²) in [5.74, 6) is -0.131. The summed E-state index contributed by atoms with van der Waals surface area (Å²) in [4.78, 5) is 29.1. The van der Waals surface area contributed by atoms with Crippen LogP contribution in [-0.4, -0.2) is 67.9 Å². The van der Waals surface area contributed by atoms with Crippen LogP contribution in [0.3, 0.4) is 0 Å². The molecule has 1 aromatic carbocycles. The third-order valence-electron chi connectivity index (χ3n) is 4.84. The van der Waals surface area contributed by atoms with Crippen molar-refractivity contribution in [3.05, 3.63) is 35.4 Å². The number of nitrogens with one attached hydrogen (secondary N) is 2. The molecule has 1 atom stereocenters. The van der Waals surface area contributed by atoms with Crippen LogP contribution in [0.25, 0.3) is 0 Å². The molecule has 1 fully saturated rings. The van der Waals surface area contributed by atoms with Crippen molar-refractivity contribution in [2.75, 3.05) is 40.3 Å². The summed E-state index contributed by atoms with van der Waals surface area (Å²) in [7, 11) is 4.05. The topological polar surface area (TPSA) is 64.7 Å². The van der Waals surface area contributed by atoms with Gasteiger partial charge in [0.25, 0.3) is 0 Å². The fourth-order valence-corrected chi connectivity index (χ4v) is 3.60. The Balaban J connectivity index is 1.94. The smallest absolute Gasteiger partial charge is 0.237 e. The van der Waals surface area contributed by atoms with E-state index in [0.29, 0.717) is 19.6 Å². The van der Waals surface area contributed by atoms with Gasteiger partial charge in [0, 0.05) is 32.7 Å². The molecule has 0 bridgehead atoms. The Bertz CT molecular complexity index is 640. The Kier molecular flexibility index (Phi) is 7.39. The molecule has 2 amide bonds. The number of nitrogens with zero attached hydrogens (tertiary/aromatic N) is 2. The SMILES string of the molecule is Cc1ccc(CN2CCNC(=O)[C@H]2CC(=O)NCC(C)(C)CN(C)C)cc1. The highest BCUT2D eigenvalue weighted by molar-refractivity contribution is 5.88. The fourth-order valence-electron chi connectivity index (χ4n) is 3.60. The van der Waals surface area contributed by atoms with Gasteiger partial charge in [-0.25, -0.2) is 0 Å². The summed E-state index contributed by atoms with van der Waals surface area (Å²) in [6, 6.07) is 7.91. The van der Waals surface area contributed by atoms with Gasteiger partial charge in [-0.3, -0.25) is 14.5 Å². The first-order valence-electron chi connectivity index (χ1n) is 9.65. The maximum Gasteiger partial charge on any atom is 0.237 e. The number of aryl methyl sites for hydroxylation is 1. The molecule has 27 heavy (non-hydrogen) atoms. The quantitative estimate of drug-likeness (QED) is 0.722. The maximum atomic E-state index is 12.5. The minimum absolute atomic E-state index is 0.0183. The fraction of sp³-hybridized carbons (Fsp3) is 0.619. The van der Waals surface area contributed by atoms with Crippen LogP contribution < -0.4 is 10.6 Å². The second-order valence-corrected chi connectivity index (χ2v) is 8.65. The summed E-state index contributed by atoms with van der Waals surface area (Å²) >= 11 is 0. The van der Waals surface area contributed by atoms with Crippen molar-refractivity contribution >= 4 is 11.8 Å². The number of hydrogen-bond acceptors (Lipinski definition) is 4. The van der Waals surface area contributed by atoms with Gasteiger partial charge in [-0.2, -0.15) is 0 Å². The molecule has 1 aliphatic heterocycles. The van der Waals surface area contributed by atoms with E-state index in [4.69, 9.17) is 0 Å². The molecule has 6 heteroatoms. The molecule has 2 rings (SSSR count). The van der Waals surface area contributed by atoms with Gasteiger partial charge in [-0.05, 0) is 32.0 Å². The van der Waals surface area contributed by atoms with Crippen LogP contribution in [-0.2, 0) is 16.1 Å². The first kappa shape index (κ1) is 21.4. The molecule has 0 aliphatic carbocycles. The molecule has 1 heterocycles. The van der Waals surface area contributed by atoms with Crippen molar-refractivity contribution in [1.29, 1.82) is 0 Å². The van der Waals surface area contributed by atoms with Crippen LogP contribution >= 0.6 is 0 Å². The molecule has 150 valence electrons. The van der Waals surface area contributed by atoms with Gasteiger partial charge >= 0.3 is 0 Å². The lowest BCUT2D eigenvalue weighted by Crippen LogP contribution is -2.56. The summed E-state index contributed by atoms with van der Waals surface area (Å²) in [6.07, 6.45) is 0.190. The molecule has 1 aliphatic rings. The van der Waals surface area contributed by atoms with E-state index >= 15 is 0 Å². The lowest BCUT2D eigenvalue weighted by Gasteiger charge is -2.35. The molecule has 2 N–H and O–H groups in total. The summed E-state index contributed by atoms with van der Waals surface area (Å²) in [6.45, 7) is 9.85. The standard InChI is InChI=1S/C21H34N4O2/c1-16-6-8-17(9-7-16)13-25-11-10-22-20(27)18(25)12-19(26)23-14-21(2,3)15-24(4)5/h6-9,18H,10-15H2,1-5H3,(H,22,27)(H,23,26)/t18-/m1/s1. The van der Waals surface area contributed by atoms with Crippen molar-refractivity contribution in [3.8, 4) is 0 Å². The first-order chi connectivity index (χ1) is 12.7. The highest BCUT2D eigenvalue weighted by atomic mass is 16.2. The van der Waals surface area contributed by atoms with E-state index in [2.05, 4.69) is 65.5 Å². The van der Waals surface area contributed by atoms with Gasteiger partial charge in [-0.1, -0.05) is 43.7 Å². The van der Waals surface area contributed by atoms with E-state index in [1.807, 2.05) is 14.1 Å². The van der Waals surface area contributed by atoms with Crippen LogP contribution in [0.15, 0.2) is 24.3 Å². The Morgan fingerprint density at radius 1 is 1.30 bits per heavy atom. The Morgan fingerprint density at radius 3 is 2.59 bits per heavy atom. The van der Waals surface area contributed by atoms with E-state index in [1.165, 1.54) is 5.56 Å². The first-order valence-corrected chi connectivity index (χ1v) is 9.65. The average Bonchev–Trinajstić information content (AvgIpc) is 2.57.